The molecule has 0 radical (unpaired) electrons. The maximum absolute atomic E-state index is 10.5. The molecule has 6 nitrogen and oxygen atoms in total. The third-order valence-corrected chi connectivity index (χ3v) is 1.91. The van der Waals surface area contributed by atoms with Crippen molar-refractivity contribution in [1.82, 2.24) is 0 Å². The molecule has 0 bridgehead atoms. The molecule has 1 aromatic carbocycles. The average Bonchev–Trinajstić information content (AvgIpc) is 2.01. The molecule has 0 heterocycles. The minimum absolute atomic E-state index is 0.0666. The van der Waals surface area contributed by atoms with Gasteiger partial charge in [0.15, 0.2) is 0 Å². The van der Waals surface area contributed by atoms with E-state index >= 15 is 0 Å². The zero-order valence-corrected chi connectivity index (χ0v) is 8.45. The number of hydrogen-bond donors (Lipinski definition) is 2. The molecule has 0 aromatic heterocycles. The fraction of sp³-hybridized carbons (Fsp3) is 0. The number of benzene rings is 1. The van der Waals surface area contributed by atoms with Crippen LogP contribution in [0.2, 0.25) is 0 Å². The van der Waals surface area contributed by atoms with Gasteiger partial charge in [0.1, 0.15) is 5.69 Å². The van der Waals surface area contributed by atoms with Gasteiger partial charge in [0.2, 0.25) is 0 Å². The van der Waals surface area contributed by atoms with Gasteiger partial charge in [-0.25, -0.2) is 4.79 Å². The lowest BCUT2D eigenvalue weighted by molar-refractivity contribution is -0.383. The standard InChI is InChI=1S/C7H6BrN3O3/c8-4-1-2-6(11(13)14)5(3-4)10-7(9)12/h1-3H,(H3,9,10,12). The molecule has 74 valence electrons. The van der Waals surface area contributed by atoms with Crippen molar-refractivity contribution < 1.29 is 9.72 Å². The number of nitro groups is 1. The average molecular weight is 260 g/mol. The number of hydrogen-bond acceptors (Lipinski definition) is 3. The molecule has 1 aromatic rings. The number of nitrogens with zero attached hydrogens (tertiary/aromatic N) is 1. The molecule has 0 saturated carbocycles. The number of carbonyl (C=O) groups is 1. The molecule has 0 aliphatic rings. The molecule has 0 unspecified atom stereocenters. The van der Waals surface area contributed by atoms with E-state index in [1.165, 1.54) is 18.2 Å². The second-order valence-corrected chi connectivity index (χ2v) is 3.32. The lowest BCUT2D eigenvalue weighted by atomic mass is 10.3. The fourth-order valence-corrected chi connectivity index (χ4v) is 1.26. The SMILES string of the molecule is NC(=O)Nc1cc(Br)ccc1[N+](=O)[O-]. The minimum Gasteiger partial charge on any atom is -0.351 e. The summed E-state index contributed by atoms with van der Waals surface area (Å²) in [5, 5.41) is 12.7. The summed E-state index contributed by atoms with van der Waals surface area (Å²) in [4.78, 5) is 20.4. The molecular weight excluding hydrogens is 254 g/mol. The van der Waals surface area contributed by atoms with E-state index in [1.54, 1.807) is 0 Å². The van der Waals surface area contributed by atoms with Crippen LogP contribution < -0.4 is 11.1 Å². The number of primary amides is 1. The van der Waals surface area contributed by atoms with Gasteiger partial charge in [-0.2, -0.15) is 0 Å². The lowest BCUT2D eigenvalue weighted by Gasteiger charge is -2.02. The highest BCUT2D eigenvalue weighted by atomic mass is 79.9. The summed E-state index contributed by atoms with van der Waals surface area (Å²) in [6, 6.07) is 3.34. The van der Waals surface area contributed by atoms with Crippen molar-refractivity contribution in [2.75, 3.05) is 5.32 Å². The number of halogens is 1. The van der Waals surface area contributed by atoms with Gasteiger partial charge in [-0.15, -0.1) is 0 Å². The van der Waals surface area contributed by atoms with Crippen molar-refractivity contribution in [3.8, 4) is 0 Å². The van der Waals surface area contributed by atoms with Crippen molar-refractivity contribution in [3.63, 3.8) is 0 Å². The Morgan fingerprint density at radius 1 is 1.57 bits per heavy atom. The summed E-state index contributed by atoms with van der Waals surface area (Å²) >= 11 is 3.12. The van der Waals surface area contributed by atoms with E-state index < -0.39 is 11.0 Å². The van der Waals surface area contributed by atoms with Crippen LogP contribution in [0.5, 0.6) is 0 Å². The number of rotatable bonds is 2. The summed E-state index contributed by atoms with van der Waals surface area (Å²) in [6.45, 7) is 0. The Hall–Kier alpha value is -1.63. The Labute approximate surface area is 87.4 Å². The topological polar surface area (TPSA) is 98.3 Å². The van der Waals surface area contributed by atoms with Gasteiger partial charge in [-0.3, -0.25) is 10.1 Å². The molecule has 0 spiro atoms. The largest absolute Gasteiger partial charge is 0.351 e. The lowest BCUT2D eigenvalue weighted by Crippen LogP contribution is -2.19. The molecule has 0 atom stereocenters. The smallest absolute Gasteiger partial charge is 0.316 e. The van der Waals surface area contributed by atoms with Gasteiger partial charge in [0.05, 0.1) is 4.92 Å². The second-order valence-electron chi connectivity index (χ2n) is 2.41. The first-order valence-electron chi connectivity index (χ1n) is 3.51. The predicted molar refractivity (Wildman–Crippen MR) is 54.0 cm³/mol. The number of nitro benzene ring substituents is 1. The van der Waals surface area contributed by atoms with Crippen LogP contribution in [0.25, 0.3) is 0 Å². The number of nitrogens with two attached hydrogens (primary N) is 1. The van der Waals surface area contributed by atoms with E-state index in [4.69, 9.17) is 5.73 Å². The van der Waals surface area contributed by atoms with Crippen LogP contribution in [0.3, 0.4) is 0 Å². The zero-order valence-electron chi connectivity index (χ0n) is 6.86. The van der Waals surface area contributed by atoms with Crippen LogP contribution >= 0.6 is 15.9 Å². The van der Waals surface area contributed by atoms with E-state index in [0.717, 1.165) is 0 Å². The number of nitrogens with one attached hydrogen (secondary N) is 1. The Bertz CT molecular complexity index is 394. The van der Waals surface area contributed by atoms with Crippen molar-refractivity contribution in [1.29, 1.82) is 0 Å². The molecule has 0 aliphatic heterocycles. The summed E-state index contributed by atoms with van der Waals surface area (Å²) in [5.74, 6) is 0. The molecule has 14 heavy (non-hydrogen) atoms. The first-order valence-corrected chi connectivity index (χ1v) is 4.30. The Kier molecular flexibility index (Phi) is 3.03. The summed E-state index contributed by atoms with van der Waals surface area (Å²) in [6.07, 6.45) is 0. The number of anilines is 1. The molecular formula is C7H6BrN3O3. The van der Waals surface area contributed by atoms with Crippen molar-refractivity contribution >= 4 is 33.3 Å². The van der Waals surface area contributed by atoms with Gasteiger partial charge in [0, 0.05) is 10.5 Å². The van der Waals surface area contributed by atoms with Crippen LogP contribution in [-0.2, 0) is 0 Å². The maximum atomic E-state index is 10.5. The molecule has 0 fully saturated rings. The highest BCUT2D eigenvalue weighted by Gasteiger charge is 2.14. The quantitative estimate of drug-likeness (QED) is 0.626. The van der Waals surface area contributed by atoms with Crippen molar-refractivity contribution in [2.45, 2.75) is 0 Å². The van der Waals surface area contributed by atoms with Crippen LogP contribution in [-0.4, -0.2) is 11.0 Å². The Morgan fingerprint density at radius 3 is 2.71 bits per heavy atom. The summed E-state index contributed by atoms with van der Waals surface area (Å²) in [5.41, 5.74) is 4.72. The Balaban J connectivity index is 3.15. The van der Waals surface area contributed by atoms with E-state index in [2.05, 4.69) is 21.2 Å². The molecule has 0 saturated heterocycles. The molecule has 0 aliphatic carbocycles. The van der Waals surface area contributed by atoms with E-state index in [1.807, 2.05) is 0 Å². The van der Waals surface area contributed by atoms with Crippen LogP contribution in [0, 0.1) is 10.1 Å². The maximum Gasteiger partial charge on any atom is 0.316 e. The number of urea groups is 1. The third-order valence-electron chi connectivity index (χ3n) is 1.41. The van der Waals surface area contributed by atoms with Gasteiger partial charge >= 0.3 is 6.03 Å². The molecule has 3 N–H and O–H groups in total. The third kappa shape index (κ3) is 2.43. The van der Waals surface area contributed by atoms with Crippen LogP contribution in [0.15, 0.2) is 22.7 Å². The monoisotopic (exact) mass is 259 g/mol. The minimum atomic E-state index is -0.841. The molecule has 2 amide bonds. The normalized spacial score (nSPS) is 9.50. The molecule has 1 rings (SSSR count). The molecule has 7 heteroatoms. The van der Waals surface area contributed by atoms with Gasteiger partial charge in [0.25, 0.3) is 5.69 Å². The predicted octanol–water partition coefficient (Wildman–Crippen LogP) is 1.85. The van der Waals surface area contributed by atoms with E-state index in [0.29, 0.717) is 4.47 Å². The van der Waals surface area contributed by atoms with Crippen LogP contribution in [0.4, 0.5) is 16.2 Å². The number of amides is 2. The first kappa shape index (κ1) is 10.5. The van der Waals surface area contributed by atoms with Crippen molar-refractivity contribution in [2.24, 2.45) is 5.73 Å². The van der Waals surface area contributed by atoms with Gasteiger partial charge < -0.3 is 11.1 Å². The van der Waals surface area contributed by atoms with Crippen molar-refractivity contribution in [3.05, 3.63) is 32.8 Å². The van der Waals surface area contributed by atoms with Crippen LogP contribution in [0.1, 0.15) is 0 Å². The van der Waals surface area contributed by atoms with Gasteiger partial charge in [-0.05, 0) is 12.1 Å². The fourth-order valence-electron chi connectivity index (χ4n) is 0.900. The summed E-state index contributed by atoms with van der Waals surface area (Å²) < 4.78 is 0.617. The zero-order chi connectivity index (χ0) is 10.7. The second kappa shape index (κ2) is 4.05. The summed E-state index contributed by atoms with van der Waals surface area (Å²) in [7, 11) is 0. The highest BCUT2D eigenvalue weighted by Crippen LogP contribution is 2.27. The number of carbonyl (C=O) groups excluding carboxylic acids is 1. The van der Waals surface area contributed by atoms with Gasteiger partial charge in [-0.1, -0.05) is 15.9 Å². The first-order chi connectivity index (χ1) is 6.50. The highest BCUT2D eigenvalue weighted by molar-refractivity contribution is 9.10. The van der Waals surface area contributed by atoms with E-state index in [-0.39, 0.29) is 11.4 Å². The Morgan fingerprint density at radius 2 is 2.21 bits per heavy atom. The van der Waals surface area contributed by atoms with E-state index in [9.17, 15) is 14.9 Å².